The van der Waals surface area contributed by atoms with Gasteiger partial charge in [-0.3, -0.25) is 4.99 Å². The Morgan fingerprint density at radius 1 is 1.39 bits per heavy atom. The standard InChI is InChI=1S/C13H28N4.HI/c1-5-16(4)11-8-15-13(14-3)17-9-6-12(2)7-10-17;/h12H,5-11H2,1-4H3,(H,14,15);1H. The van der Waals surface area contributed by atoms with Gasteiger partial charge >= 0.3 is 0 Å². The summed E-state index contributed by atoms with van der Waals surface area (Å²) >= 11 is 0. The monoisotopic (exact) mass is 368 g/mol. The van der Waals surface area contributed by atoms with Crippen molar-refractivity contribution in [3.63, 3.8) is 0 Å². The molecule has 1 aliphatic rings. The van der Waals surface area contributed by atoms with Gasteiger partial charge < -0.3 is 15.1 Å². The lowest BCUT2D eigenvalue weighted by molar-refractivity contribution is 0.271. The number of nitrogens with one attached hydrogen (secondary N) is 1. The zero-order valence-corrected chi connectivity index (χ0v) is 14.6. The highest BCUT2D eigenvalue weighted by Gasteiger charge is 2.18. The third kappa shape index (κ3) is 6.22. The molecule has 4 nitrogen and oxygen atoms in total. The molecule has 0 bridgehead atoms. The van der Waals surface area contributed by atoms with Gasteiger partial charge in [0.2, 0.25) is 0 Å². The second-order valence-corrected chi connectivity index (χ2v) is 5.04. The largest absolute Gasteiger partial charge is 0.355 e. The number of nitrogens with zero attached hydrogens (tertiary/aromatic N) is 3. The van der Waals surface area contributed by atoms with Gasteiger partial charge in [0, 0.05) is 33.2 Å². The number of likely N-dealkylation sites (tertiary alicyclic amines) is 1. The number of guanidine groups is 1. The predicted octanol–water partition coefficient (Wildman–Crippen LogP) is 1.86. The molecule has 1 aliphatic heterocycles. The molecule has 0 aromatic carbocycles. The zero-order valence-electron chi connectivity index (χ0n) is 12.3. The van der Waals surface area contributed by atoms with E-state index in [9.17, 15) is 0 Å². The maximum atomic E-state index is 4.37. The number of likely N-dealkylation sites (N-methyl/N-ethyl adjacent to an activating group) is 1. The first-order valence-corrected chi connectivity index (χ1v) is 6.81. The quantitative estimate of drug-likeness (QED) is 0.467. The summed E-state index contributed by atoms with van der Waals surface area (Å²) in [7, 11) is 4.02. The van der Waals surface area contributed by atoms with Gasteiger partial charge in [0.1, 0.15) is 0 Å². The summed E-state index contributed by atoms with van der Waals surface area (Å²) in [6.45, 7) is 9.95. The van der Waals surface area contributed by atoms with E-state index in [-0.39, 0.29) is 24.0 Å². The minimum absolute atomic E-state index is 0. The second-order valence-electron chi connectivity index (χ2n) is 5.04. The minimum Gasteiger partial charge on any atom is -0.355 e. The van der Waals surface area contributed by atoms with Crippen LogP contribution in [0.5, 0.6) is 0 Å². The third-order valence-corrected chi connectivity index (χ3v) is 3.61. The van der Waals surface area contributed by atoms with Crippen molar-refractivity contribution in [1.82, 2.24) is 15.1 Å². The molecule has 0 aliphatic carbocycles. The molecular formula is C13H29IN4. The van der Waals surface area contributed by atoms with Gasteiger partial charge in [0.15, 0.2) is 5.96 Å². The maximum Gasteiger partial charge on any atom is 0.193 e. The number of hydrogen-bond acceptors (Lipinski definition) is 2. The summed E-state index contributed by atoms with van der Waals surface area (Å²) in [6.07, 6.45) is 2.57. The van der Waals surface area contributed by atoms with E-state index in [0.29, 0.717) is 0 Å². The smallest absolute Gasteiger partial charge is 0.193 e. The molecule has 5 heteroatoms. The molecule has 0 atom stereocenters. The van der Waals surface area contributed by atoms with E-state index in [0.717, 1.165) is 44.6 Å². The van der Waals surface area contributed by atoms with Gasteiger partial charge in [-0.15, -0.1) is 24.0 Å². The maximum absolute atomic E-state index is 4.37. The number of hydrogen-bond donors (Lipinski definition) is 1. The summed E-state index contributed by atoms with van der Waals surface area (Å²) < 4.78 is 0. The molecule has 108 valence electrons. The van der Waals surface area contributed by atoms with Crippen molar-refractivity contribution < 1.29 is 0 Å². The van der Waals surface area contributed by atoms with Crippen LogP contribution in [0.2, 0.25) is 0 Å². The van der Waals surface area contributed by atoms with Crippen LogP contribution in [0.3, 0.4) is 0 Å². The van der Waals surface area contributed by atoms with Crippen molar-refractivity contribution >= 4 is 29.9 Å². The fourth-order valence-corrected chi connectivity index (χ4v) is 2.07. The predicted molar refractivity (Wildman–Crippen MR) is 89.9 cm³/mol. The molecular weight excluding hydrogens is 339 g/mol. The zero-order chi connectivity index (χ0) is 12.7. The van der Waals surface area contributed by atoms with E-state index in [4.69, 9.17) is 0 Å². The fourth-order valence-electron chi connectivity index (χ4n) is 2.07. The van der Waals surface area contributed by atoms with Gasteiger partial charge in [0.25, 0.3) is 0 Å². The highest BCUT2D eigenvalue weighted by molar-refractivity contribution is 14.0. The lowest BCUT2D eigenvalue weighted by atomic mass is 10.00. The first kappa shape index (κ1) is 18.0. The van der Waals surface area contributed by atoms with Crippen molar-refractivity contribution in [3.8, 4) is 0 Å². The highest BCUT2D eigenvalue weighted by atomic mass is 127. The van der Waals surface area contributed by atoms with Crippen LogP contribution in [-0.2, 0) is 0 Å². The Labute approximate surface area is 129 Å². The van der Waals surface area contributed by atoms with Crippen LogP contribution >= 0.6 is 24.0 Å². The van der Waals surface area contributed by atoms with E-state index in [2.05, 4.69) is 41.0 Å². The van der Waals surface area contributed by atoms with Crippen molar-refractivity contribution in [2.24, 2.45) is 10.9 Å². The van der Waals surface area contributed by atoms with Gasteiger partial charge in [-0.05, 0) is 32.4 Å². The van der Waals surface area contributed by atoms with Crippen LogP contribution in [0.15, 0.2) is 4.99 Å². The summed E-state index contributed by atoms with van der Waals surface area (Å²) in [4.78, 5) is 9.06. The Balaban J connectivity index is 0.00000289. The van der Waals surface area contributed by atoms with Crippen molar-refractivity contribution in [2.45, 2.75) is 26.7 Å². The molecule has 0 radical (unpaired) electrons. The molecule has 1 heterocycles. The van der Waals surface area contributed by atoms with Gasteiger partial charge in [0.05, 0.1) is 0 Å². The average Bonchev–Trinajstić information content (AvgIpc) is 2.35. The Bertz CT molecular complexity index is 237. The first-order valence-electron chi connectivity index (χ1n) is 6.81. The normalized spacial score (nSPS) is 17.8. The van der Waals surface area contributed by atoms with Crippen LogP contribution in [0.25, 0.3) is 0 Å². The van der Waals surface area contributed by atoms with Crippen molar-refractivity contribution in [3.05, 3.63) is 0 Å². The van der Waals surface area contributed by atoms with Crippen LogP contribution in [-0.4, -0.2) is 62.6 Å². The van der Waals surface area contributed by atoms with Crippen molar-refractivity contribution in [1.29, 1.82) is 0 Å². The van der Waals surface area contributed by atoms with Crippen molar-refractivity contribution in [2.75, 3.05) is 46.8 Å². The summed E-state index contributed by atoms with van der Waals surface area (Å²) in [5.74, 6) is 1.94. The fraction of sp³-hybridized carbons (Fsp3) is 0.923. The summed E-state index contributed by atoms with van der Waals surface area (Å²) in [5, 5.41) is 3.45. The minimum atomic E-state index is 0. The molecule has 1 saturated heterocycles. The molecule has 0 unspecified atom stereocenters. The topological polar surface area (TPSA) is 30.9 Å². The number of halogens is 1. The van der Waals surface area contributed by atoms with Crippen LogP contribution in [0.4, 0.5) is 0 Å². The summed E-state index contributed by atoms with van der Waals surface area (Å²) in [6, 6.07) is 0. The lowest BCUT2D eigenvalue weighted by Crippen LogP contribution is -2.47. The molecule has 1 rings (SSSR count). The van der Waals surface area contributed by atoms with Crippen LogP contribution in [0, 0.1) is 5.92 Å². The second kappa shape index (κ2) is 9.83. The van der Waals surface area contributed by atoms with E-state index in [1.165, 1.54) is 12.8 Å². The van der Waals surface area contributed by atoms with E-state index in [1.54, 1.807) is 0 Å². The molecule has 0 aromatic rings. The molecule has 0 amide bonds. The molecule has 18 heavy (non-hydrogen) atoms. The SMILES string of the molecule is CCN(C)CCNC(=NC)N1CCC(C)CC1.I. The lowest BCUT2D eigenvalue weighted by Gasteiger charge is -2.33. The summed E-state index contributed by atoms with van der Waals surface area (Å²) in [5.41, 5.74) is 0. The van der Waals surface area contributed by atoms with E-state index >= 15 is 0 Å². The Kier molecular flexibility index (Phi) is 9.81. The average molecular weight is 368 g/mol. The van der Waals surface area contributed by atoms with Gasteiger partial charge in [-0.2, -0.15) is 0 Å². The van der Waals surface area contributed by atoms with Crippen LogP contribution < -0.4 is 5.32 Å². The Morgan fingerprint density at radius 2 is 2.00 bits per heavy atom. The highest BCUT2D eigenvalue weighted by Crippen LogP contribution is 2.15. The van der Waals surface area contributed by atoms with Gasteiger partial charge in [-0.25, -0.2) is 0 Å². The molecule has 0 aromatic heterocycles. The Morgan fingerprint density at radius 3 is 2.50 bits per heavy atom. The van der Waals surface area contributed by atoms with Crippen LogP contribution in [0.1, 0.15) is 26.7 Å². The number of piperidine rings is 1. The van der Waals surface area contributed by atoms with E-state index < -0.39 is 0 Å². The number of rotatable bonds is 4. The number of aliphatic imine (C=N–C) groups is 1. The molecule has 0 spiro atoms. The van der Waals surface area contributed by atoms with Gasteiger partial charge in [-0.1, -0.05) is 13.8 Å². The first-order chi connectivity index (χ1) is 8.17. The molecule has 1 fully saturated rings. The molecule has 0 saturated carbocycles. The van der Waals surface area contributed by atoms with E-state index in [1.807, 2.05) is 7.05 Å². The molecule has 1 N–H and O–H groups in total. The Hall–Kier alpha value is -0.0400. The third-order valence-electron chi connectivity index (χ3n) is 3.61.